The molecule has 4 heteroatoms. The van der Waals surface area contributed by atoms with Crippen LogP contribution in [0.25, 0.3) is 11.0 Å². The second kappa shape index (κ2) is 4.82. The molecule has 0 radical (unpaired) electrons. The molecule has 18 heavy (non-hydrogen) atoms. The lowest BCUT2D eigenvalue weighted by atomic mass is 10.1. The molecule has 0 aliphatic rings. The first-order chi connectivity index (χ1) is 8.54. The zero-order valence-corrected chi connectivity index (χ0v) is 10.8. The van der Waals surface area contributed by atoms with E-state index >= 15 is 0 Å². The van der Waals surface area contributed by atoms with E-state index in [0.29, 0.717) is 5.76 Å². The van der Waals surface area contributed by atoms with E-state index in [2.05, 4.69) is 5.32 Å². The number of hydrogen-bond donors (Lipinski definition) is 2. The quantitative estimate of drug-likeness (QED) is 0.873. The van der Waals surface area contributed by atoms with Crippen molar-refractivity contribution in [2.24, 2.45) is 0 Å². The first-order valence-corrected chi connectivity index (χ1v) is 5.95. The summed E-state index contributed by atoms with van der Waals surface area (Å²) in [6.07, 6.45) is 0. The van der Waals surface area contributed by atoms with Gasteiger partial charge in [0.15, 0.2) is 5.76 Å². The smallest absolute Gasteiger partial charge is 0.287 e. The van der Waals surface area contributed by atoms with Gasteiger partial charge in [0, 0.05) is 17.0 Å². The maximum Gasteiger partial charge on any atom is 0.287 e. The Morgan fingerprint density at radius 3 is 2.78 bits per heavy atom. The number of nitrogens with one attached hydrogen (secondary N) is 1. The lowest BCUT2D eigenvalue weighted by molar-refractivity contribution is 0.0895. The minimum atomic E-state index is -0.287. The second-order valence-corrected chi connectivity index (χ2v) is 4.56. The number of carbonyl (C=O) groups excluding carboxylic acids is 1. The summed E-state index contributed by atoms with van der Waals surface area (Å²) >= 11 is 0. The molecule has 4 nitrogen and oxygen atoms in total. The summed E-state index contributed by atoms with van der Waals surface area (Å²) in [5, 5.41) is 12.6. The van der Waals surface area contributed by atoms with E-state index in [1.54, 1.807) is 6.92 Å². The highest BCUT2D eigenvalue weighted by Gasteiger charge is 2.19. The van der Waals surface area contributed by atoms with Crippen LogP contribution in [0.4, 0.5) is 0 Å². The van der Waals surface area contributed by atoms with E-state index in [1.165, 1.54) is 0 Å². The highest BCUT2D eigenvalue weighted by molar-refractivity contribution is 5.99. The van der Waals surface area contributed by atoms with Crippen molar-refractivity contribution in [1.82, 2.24) is 5.32 Å². The molecule has 0 aliphatic carbocycles. The van der Waals surface area contributed by atoms with Crippen molar-refractivity contribution in [3.8, 4) is 0 Å². The van der Waals surface area contributed by atoms with Crippen molar-refractivity contribution in [2.75, 3.05) is 6.61 Å². The highest BCUT2D eigenvalue weighted by Crippen LogP contribution is 2.27. The van der Waals surface area contributed by atoms with Crippen LogP contribution >= 0.6 is 0 Å². The molecule has 2 aromatic rings. The van der Waals surface area contributed by atoms with Crippen molar-refractivity contribution in [3.05, 3.63) is 35.1 Å². The molecule has 0 fully saturated rings. The van der Waals surface area contributed by atoms with Gasteiger partial charge in [0.2, 0.25) is 0 Å². The maximum absolute atomic E-state index is 12.0. The largest absolute Gasteiger partial charge is 0.450 e. The number of benzene rings is 1. The average Bonchev–Trinajstić information content (AvgIpc) is 2.69. The number of para-hydroxylation sites is 1. The van der Waals surface area contributed by atoms with Gasteiger partial charge in [0.1, 0.15) is 5.58 Å². The monoisotopic (exact) mass is 247 g/mol. The molecule has 1 heterocycles. The predicted octanol–water partition coefficient (Wildman–Crippen LogP) is 2.16. The summed E-state index contributed by atoms with van der Waals surface area (Å²) in [6, 6.07) is 5.54. The molecule has 96 valence electrons. The Hall–Kier alpha value is -1.81. The number of rotatable bonds is 3. The third-order valence-electron chi connectivity index (χ3n) is 3.02. The van der Waals surface area contributed by atoms with Crippen LogP contribution in [0.1, 0.15) is 28.6 Å². The van der Waals surface area contributed by atoms with Crippen molar-refractivity contribution in [2.45, 2.75) is 26.8 Å². The van der Waals surface area contributed by atoms with Crippen LogP contribution in [0.5, 0.6) is 0 Å². The van der Waals surface area contributed by atoms with E-state index in [9.17, 15) is 4.79 Å². The molecular formula is C14H17NO3. The van der Waals surface area contributed by atoms with E-state index in [1.807, 2.05) is 32.0 Å². The Morgan fingerprint density at radius 2 is 2.17 bits per heavy atom. The zero-order chi connectivity index (χ0) is 13.3. The fourth-order valence-corrected chi connectivity index (χ4v) is 1.94. The van der Waals surface area contributed by atoms with Crippen LogP contribution in [0.2, 0.25) is 0 Å². The molecule has 1 aromatic heterocycles. The van der Waals surface area contributed by atoms with Gasteiger partial charge >= 0.3 is 0 Å². The molecule has 1 atom stereocenters. The first-order valence-electron chi connectivity index (χ1n) is 5.95. The van der Waals surface area contributed by atoms with E-state index < -0.39 is 0 Å². The minimum absolute atomic E-state index is 0.0932. The lowest BCUT2D eigenvalue weighted by Gasteiger charge is -2.09. The molecule has 0 spiro atoms. The molecular weight excluding hydrogens is 230 g/mol. The van der Waals surface area contributed by atoms with Crippen LogP contribution in [0, 0.1) is 13.8 Å². The standard InChI is InChI=1S/C14H17NO3/c1-8-5-4-6-11-10(3)13(18-12(8)11)14(17)15-9(2)7-16/h4-6,9,16H,7H2,1-3H3,(H,15,17). The Bertz CT molecular complexity index is 586. The fraction of sp³-hybridized carbons (Fsp3) is 0.357. The summed E-state index contributed by atoms with van der Waals surface area (Å²) in [4.78, 5) is 12.0. The zero-order valence-electron chi connectivity index (χ0n) is 10.8. The molecule has 1 unspecified atom stereocenters. The lowest BCUT2D eigenvalue weighted by Crippen LogP contribution is -2.35. The van der Waals surface area contributed by atoms with Crippen molar-refractivity contribution >= 4 is 16.9 Å². The highest BCUT2D eigenvalue weighted by atomic mass is 16.3. The van der Waals surface area contributed by atoms with Crippen LogP contribution in [0.3, 0.4) is 0 Å². The van der Waals surface area contributed by atoms with Crippen LogP contribution < -0.4 is 5.32 Å². The Balaban J connectivity index is 2.43. The summed E-state index contributed by atoms with van der Waals surface area (Å²) in [6.45, 7) is 5.46. The van der Waals surface area contributed by atoms with Gasteiger partial charge in [-0.15, -0.1) is 0 Å². The number of hydrogen-bond acceptors (Lipinski definition) is 3. The Kier molecular flexibility index (Phi) is 3.39. The number of fused-ring (bicyclic) bond motifs is 1. The maximum atomic E-state index is 12.0. The average molecular weight is 247 g/mol. The van der Waals surface area contributed by atoms with Crippen LogP contribution in [0.15, 0.2) is 22.6 Å². The number of aryl methyl sites for hydroxylation is 2. The van der Waals surface area contributed by atoms with Gasteiger partial charge in [-0.1, -0.05) is 18.2 Å². The van der Waals surface area contributed by atoms with Crippen molar-refractivity contribution in [3.63, 3.8) is 0 Å². The second-order valence-electron chi connectivity index (χ2n) is 4.56. The fourth-order valence-electron chi connectivity index (χ4n) is 1.94. The molecule has 0 aliphatic heterocycles. The molecule has 0 bridgehead atoms. The molecule has 0 saturated carbocycles. The van der Waals surface area contributed by atoms with Crippen LogP contribution in [-0.2, 0) is 0 Å². The first kappa shape index (κ1) is 12.6. The number of aliphatic hydroxyl groups excluding tert-OH is 1. The topological polar surface area (TPSA) is 62.5 Å². The molecule has 2 rings (SSSR count). The Morgan fingerprint density at radius 1 is 1.44 bits per heavy atom. The predicted molar refractivity (Wildman–Crippen MR) is 69.7 cm³/mol. The summed E-state index contributed by atoms with van der Waals surface area (Å²) < 4.78 is 5.64. The molecule has 0 saturated heterocycles. The van der Waals surface area contributed by atoms with Gasteiger partial charge in [0.25, 0.3) is 5.91 Å². The number of aliphatic hydroxyl groups is 1. The Labute approximate surface area is 106 Å². The van der Waals surface area contributed by atoms with Gasteiger partial charge in [-0.2, -0.15) is 0 Å². The van der Waals surface area contributed by atoms with Crippen molar-refractivity contribution in [1.29, 1.82) is 0 Å². The van der Waals surface area contributed by atoms with E-state index in [-0.39, 0.29) is 18.6 Å². The number of amides is 1. The van der Waals surface area contributed by atoms with Gasteiger partial charge in [-0.25, -0.2) is 0 Å². The third-order valence-corrected chi connectivity index (χ3v) is 3.02. The normalized spacial score (nSPS) is 12.7. The molecule has 1 amide bonds. The van der Waals surface area contributed by atoms with Gasteiger partial charge in [-0.05, 0) is 26.3 Å². The molecule has 1 aromatic carbocycles. The summed E-state index contributed by atoms with van der Waals surface area (Å²) in [7, 11) is 0. The van der Waals surface area contributed by atoms with Crippen LogP contribution in [-0.4, -0.2) is 23.7 Å². The van der Waals surface area contributed by atoms with Gasteiger partial charge in [0.05, 0.1) is 6.61 Å². The molecule has 2 N–H and O–H groups in total. The van der Waals surface area contributed by atoms with E-state index in [4.69, 9.17) is 9.52 Å². The third kappa shape index (κ3) is 2.11. The number of carbonyl (C=O) groups is 1. The van der Waals surface area contributed by atoms with Gasteiger partial charge in [-0.3, -0.25) is 4.79 Å². The summed E-state index contributed by atoms with van der Waals surface area (Å²) in [5.41, 5.74) is 2.58. The van der Waals surface area contributed by atoms with Crippen molar-refractivity contribution < 1.29 is 14.3 Å². The summed E-state index contributed by atoms with van der Waals surface area (Å²) in [5.74, 6) is 0.0317. The SMILES string of the molecule is Cc1c(C(=O)NC(C)CO)oc2c(C)cccc12. The van der Waals surface area contributed by atoms with E-state index in [0.717, 1.165) is 22.1 Å². The van der Waals surface area contributed by atoms with Gasteiger partial charge < -0.3 is 14.8 Å². The number of furan rings is 1. The minimum Gasteiger partial charge on any atom is -0.450 e.